The molecule has 0 aliphatic carbocycles. The fourth-order valence-electron chi connectivity index (χ4n) is 1.88. The minimum absolute atomic E-state index is 0.243. The molecule has 0 atom stereocenters. The summed E-state index contributed by atoms with van der Waals surface area (Å²) in [5.41, 5.74) is 2.22. The van der Waals surface area contributed by atoms with Gasteiger partial charge < -0.3 is 5.32 Å². The maximum atomic E-state index is 13.3. The van der Waals surface area contributed by atoms with Crippen LogP contribution in [0.5, 0.6) is 0 Å². The molecule has 0 heterocycles. The van der Waals surface area contributed by atoms with E-state index in [0.29, 0.717) is 12.1 Å². The van der Waals surface area contributed by atoms with E-state index in [-0.39, 0.29) is 5.69 Å². The van der Waals surface area contributed by atoms with Gasteiger partial charge in [-0.05, 0) is 42.3 Å². The highest BCUT2D eigenvalue weighted by atomic mass is 79.9. The summed E-state index contributed by atoms with van der Waals surface area (Å²) in [6, 6.07) is 9.36. The minimum Gasteiger partial charge on any atom is -0.381 e. The van der Waals surface area contributed by atoms with Crippen LogP contribution in [0.1, 0.15) is 11.1 Å². The molecule has 2 aromatic rings. The van der Waals surface area contributed by atoms with Crippen molar-refractivity contribution in [2.45, 2.75) is 13.5 Å². The molecule has 2 aromatic carbocycles. The molecule has 1 N–H and O–H groups in total. The second-order valence-corrected chi connectivity index (χ2v) is 5.36. The fourth-order valence-corrected chi connectivity index (χ4v) is 2.49. The Balaban J connectivity index is 2.16. The van der Waals surface area contributed by atoms with E-state index in [0.717, 1.165) is 21.8 Å². The van der Waals surface area contributed by atoms with Crippen LogP contribution in [0, 0.1) is 22.9 Å². The highest BCUT2D eigenvalue weighted by molar-refractivity contribution is 9.10. The van der Waals surface area contributed by atoms with Gasteiger partial charge in [-0.3, -0.25) is 10.1 Å². The van der Waals surface area contributed by atoms with Crippen LogP contribution in [-0.2, 0) is 6.54 Å². The van der Waals surface area contributed by atoms with E-state index in [2.05, 4.69) is 21.2 Å². The zero-order valence-corrected chi connectivity index (χ0v) is 12.3. The zero-order valence-electron chi connectivity index (χ0n) is 10.7. The van der Waals surface area contributed by atoms with Crippen LogP contribution in [0.3, 0.4) is 0 Å². The lowest BCUT2D eigenvalue weighted by atomic mass is 10.1. The van der Waals surface area contributed by atoms with Gasteiger partial charge in [0.25, 0.3) is 5.69 Å². The van der Waals surface area contributed by atoms with Crippen LogP contribution < -0.4 is 5.32 Å². The van der Waals surface area contributed by atoms with Crippen LogP contribution >= 0.6 is 15.9 Å². The van der Waals surface area contributed by atoms with Gasteiger partial charge in [-0.1, -0.05) is 15.9 Å². The van der Waals surface area contributed by atoms with Crippen LogP contribution in [-0.4, -0.2) is 4.92 Å². The molecule has 0 fully saturated rings. The molecular formula is C14H12BrFN2O2. The second kappa shape index (κ2) is 6.00. The van der Waals surface area contributed by atoms with Gasteiger partial charge in [0.15, 0.2) is 0 Å². The Morgan fingerprint density at radius 1 is 1.25 bits per heavy atom. The minimum atomic E-state index is -0.610. The van der Waals surface area contributed by atoms with Crippen molar-refractivity contribution >= 4 is 27.3 Å². The summed E-state index contributed by atoms with van der Waals surface area (Å²) in [4.78, 5) is 10.1. The molecule has 2 rings (SSSR count). The summed E-state index contributed by atoms with van der Waals surface area (Å²) in [5, 5.41) is 13.8. The quantitative estimate of drug-likeness (QED) is 0.663. The standard InChI is InChI=1S/C14H12BrFN2O2/c1-9-2-11(15)6-13(3-9)17-8-10-4-12(16)7-14(5-10)18(19)20/h2-7,17H,8H2,1H3. The first-order chi connectivity index (χ1) is 9.44. The number of benzene rings is 2. The molecule has 0 saturated heterocycles. The molecule has 0 aliphatic rings. The molecule has 0 spiro atoms. The van der Waals surface area contributed by atoms with Gasteiger partial charge in [0.05, 0.1) is 11.0 Å². The van der Waals surface area contributed by atoms with Gasteiger partial charge in [-0.15, -0.1) is 0 Å². The summed E-state index contributed by atoms with van der Waals surface area (Å²) in [6.45, 7) is 2.28. The molecule has 4 nitrogen and oxygen atoms in total. The first kappa shape index (κ1) is 14.5. The third-order valence-electron chi connectivity index (χ3n) is 2.69. The van der Waals surface area contributed by atoms with E-state index in [1.54, 1.807) is 0 Å². The van der Waals surface area contributed by atoms with E-state index < -0.39 is 10.7 Å². The smallest absolute Gasteiger partial charge is 0.272 e. The van der Waals surface area contributed by atoms with Crippen molar-refractivity contribution in [2.24, 2.45) is 0 Å². The predicted molar refractivity (Wildman–Crippen MR) is 79.3 cm³/mol. The Morgan fingerprint density at radius 2 is 2.00 bits per heavy atom. The zero-order chi connectivity index (χ0) is 14.7. The largest absolute Gasteiger partial charge is 0.381 e. The number of rotatable bonds is 4. The summed E-state index contributed by atoms with van der Waals surface area (Å²) < 4.78 is 14.2. The lowest BCUT2D eigenvalue weighted by molar-refractivity contribution is -0.385. The van der Waals surface area contributed by atoms with Gasteiger partial charge in [-0.25, -0.2) is 4.39 Å². The number of anilines is 1. The highest BCUT2D eigenvalue weighted by Gasteiger charge is 2.09. The Labute approximate surface area is 123 Å². The third-order valence-corrected chi connectivity index (χ3v) is 3.15. The number of hydrogen-bond donors (Lipinski definition) is 1. The van der Waals surface area contributed by atoms with Crippen molar-refractivity contribution in [1.29, 1.82) is 0 Å². The fraction of sp³-hybridized carbons (Fsp3) is 0.143. The number of nitrogens with one attached hydrogen (secondary N) is 1. The first-order valence-corrected chi connectivity index (χ1v) is 6.68. The number of non-ortho nitro benzene ring substituents is 1. The van der Waals surface area contributed by atoms with E-state index >= 15 is 0 Å². The molecule has 0 saturated carbocycles. The van der Waals surface area contributed by atoms with E-state index in [9.17, 15) is 14.5 Å². The van der Waals surface area contributed by atoms with Gasteiger partial charge in [0.2, 0.25) is 0 Å². The number of halogens is 2. The van der Waals surface area contributed by atoms with Crippen molar-refractivity contribution < 1.29 is 9.31 Å². The number of nitro benzene ring substituents is 1. The monoisotopic (exact) mass is 338 g/mol. The molecule has 0 bridgehead atoms. The van der Waals surface area contributed by atoms with Crippen LogP contribution in [0.15, 0.2) is 40.9 Å². The average molecular weight is 339 g/mol. The molecule has 0 radical (unpaired) electrons. The van der Waals surface area contributed by atoms with E-state index in [1.807, 2.05) is 25.1 Å². The molecule has 0 aliphatic heterocycles. The average Bonchev–Trinajstić information content (AvgIpc) is 2.34. The Kier molecular flexibility index (Phi) is 4.34. The summed E-state index contributed by atoms with van der Waals surface area (Å²) in [5.74, 6) is -0.610. The molecule has 6 heteroatoms. The first-order valence-electron chi connectivity index (χ1n) is 5.89. The molecule has 0 unspecified atom stereocenters. The van der Waals surface area contributed by atoms with Crippen LogP contribution in [0.25, 0.3) is 0 Å². The van der Waals surface area contributed by atoms with Crippen molar-refractivity contribution in [2.75, 3.05) is 5.32 Å². The Morgan fingerprint density at radius 3 is 2.65 bits per heavy atom. The van der Waals surface area contributed by atoms with E-state index in [4.69, 9.17) is 0 Å². The SMILES string of the molecule is Cc1cc(Br)cc(NCc2cc(F)cc([N+](=O)[O-])c2)c1. The maximum Gasteiger partial charge on any atom is 0.272 e. The number of nitrogens with zero attached hydrogens (tertiary/aromatic N) is 1. The lowest BCUT2D eigenvalue weighted by Gasteiger charge is -2.08. The maximum absolute atomic E-state index is 13.3. The van der Waals surface area contributed by atoms with Crippen molar-refractivity contribution in [3.63, 3.8) is 0 Å². The highest BCUT2D eigenvalue weighted by Crippen LogP contribution is 2.21. The molecule has 20 heavy (non-hydrogen) atoms. The van der Waals surface area contributed by atoms with Crippen LogP contribution in [0.2, 0.25) is 0 Å². The second-order valence-electron chi connectivity index (χ2n) is 4.45. The predicted octanol–water partition coefficient (Wildman–Crippen LogP) is 4.42. The molecule has 104 valence electrons. The molecule has 0 amide bonds. The summed E-state index contributed by atoms with van der Waals surface area (Å²) in [7, 11) is 0. The summed E-state index contributed by atoms with van der Waals surface area (Å²) in [6.07, 6.45) is 0. The molecule has 0 aromatic heterocycles. The van der Waals surface area contributed by atoms with Gasteiger partial charge in [0.1, 0.15) is 5.82 Å². The lowest BCUT2D eigenvalue weighted by Crippen LogP contribution is -2.01. The van der Waals surface area contributed by atoms with Crippen molar-refractivity contribution in [3.05, 3.63) is 67.9 Å². The number of nitro groups is 1. The van der Waals surface area contributed by atoms with Gasteiger partial charge in [-0.2, -0.15) is 0 Å². The van der Waals surface area contributed by atoms with E-state index in [1.165, 1.54) is 12.1 Å². The third kappa shape index (κ3) is 3.77. The number of aryl methyl sites for hydroxylation is 1. The number of hydrogen-bond acceptors (Lipinski definition) is 3. The van der Waals surface area contributed by atoms with Crippen molar-refractivity contribution in [3.8, 4) is 0 Å². The van der Waals surface area contributed by atoms with Gasteiger partial charge >= 0.3 is 0 Å². The Hall–Kier alpha value is -1.95. The van der Waals surface area contributed by atoms with Gasteiger partial charge in [0, 0.05) is 22.8 Å². The Bertz CT molecular complexity index is 641. The molecular weight excluding hydrogens is 327 g/mol. The van der Waals surface area contributed by atoms with Crippen molar-refractivity contribution in [1.82, 2.24) is 0 Å². The van der Waals surface area contributed by atoms with Crippen LogP contribution in [0.4, 0.5) is 15.8 Å². The normalized spacial score (nSPS) is 10.3. The summed E-state index contributed by atoms with van der Waals surface area (Å²) >= 11 is 3.39. The topological polar surface area (TPSA) is 55.2 Å².